The summed E-state index contributed by atoms with van der Waals surface area (Å²) < 4.78 is 88.7. The van der Waals surface area contributed by atoms with E-state index in [4.69, 9.17) is 42.1 Å². The Morgan fingerprint density at radius 1 is 0.785 bits per heavy atom. The Labute approximate surface area is 379 Å². The van der Waals surface area contributed by atoms with Gasteiger partial charge >= 0.3 is 10.4 Å². The second kappa shape index (κ2) is 18.0. The first kappa shape index (κ1) is 49.0. The lowest BCUT2D eigenvalue weighted by atomic mass is 9.46. The molecule has 8 fully saturated rings. The Balaban J connectivity index is 1.03. The fraction of sp³-hybridized carbons (Fsp3) is 0.955. The number of rotatable bonds is 9. The van der Waals surface area contributed by atoms with E-state index in [1.165, 1.54) is 6.92 Å². The molecule has 0 bridgehead atoms. The first-order chi connectivity index (χ1) is 30.6. The van der Waals surface area contributed by atoms with Crippen LogP contribution >= 0.6 is 0 Å². The van der Waals surface area contributed by atoms with E-state index in [-0.39, 0.29) is 35.7 Å². The van der Waals surface area contributed by atoms with Crippen LogP contribution in [0.25, 0.3) is 0 Å². The van der Waals surface area contributed by atoms with Crippen molar-refractivity contribution in [2.45, 2.75) is 196 Å². The van der Waals surface area contributed by atoms with Crippen LogP contribution in [-0.2, 0) is 52.5 Å². The van der Waals surface area contributed by atoms with Gasteiger partial charge in [-0.25, -0.2) is 4.18 Å². The molecule has 9 rings (SSSR count). The normalized spacial score (nSPS) is 55.8. The van der Waals surface area contributed by atoms with Gasteiger partial charge in [-0.2, -0.15) is 8.42 Å². The SMILES string of the molecule is C[C@@H]1CC[C@@]2(OC1)O[C@H]1C[C@H]3[C@@H]4CC=C5C[C@@H](O[C@@H]6O[C@H](CO)[C@@H](O)[C@H](O)[C@H]6O)C[C@@H](O[C@@H]6OC[C@H](OS(=O)(=O)O)[C@H](O)[C@H]6O[C@@H]6O[C@@H](C)[C@H](O)[C@@H](O)[C@H]6O)[C@]5(C)[C@H]4CC[C@]3(C)[C@H]1[C@@H]2C. The molecule has 5 saturated heterocycles. The molecule has 0 aromatic rings. The maximum Gasteiger partial charge on any atom is 0.397 e. The molecule has 1 spiro atoms. The first-order valence-corrected chi connectivity index (χ1v) is 24.9. The Morgan fingerprint density at radius 3 is 2.17 bits per heavy atom. The van der Waals surface area contributed by atoms with Crippen molar-refractivity contribution < 1.29 is 95.9 Å². The smallest absolute Gasteiger partial charge is 0.394 e. The van der Waals surface area contributed by atoms with Crippen molar-refractivity contribution in [3.63, 3.8) is 0 Å². The fourth-order valence-electron chi connectivity index (χ4n) is 14.0. The molecule has 4 aliphatic carbocycles. The summed E-state index contributed by atoms with van der Waals surface area (Å²) in [5.41, 5.74) is 0.248. The molecule has 5 heterocycles. The second-order valence-corrected chi connectivity index (χ2v) is 22.2. The Hall–Kier alpha value is -1.03. The molecule has 0 unspecified atom stereocenters. The molecule has 21 heteroatoms. The third-order valence-electron chi connectivity index (χ3n) is 17.6. The number of hydrogen-bond donors (Lipinski definition) is 9. The summed E-state index contributed by atoms with van der Waals surface area (Å²) in [5.74, 6) is 0.995. The van der Waals surface area contributed by atoms with E-state index in [0.717, 1.165) is 44.1 Å². The third kappa shape index (κ3) is 8.40. The highest BCUT2D eigenvalue weighted by molar-refractivity contribution is 7.80. The summed E-state index contributed by atoms with van der Waals surface area (Å²) in [6.07, 6.45) is -15.5. The molecule has 9 aliphatic rings. The first-order valence-electron chi connectivity index (χ1n) is 23.5. The van der Waals surface area contributed by atoms with Crippen LogP contribution in [-0.4, -0.2) is 184 Å². The predicted molar refractivity (Wildman–Crippen MR) is 220 cm³/mol. The lowest BCUT2D eigenvalue weighted by Crippen LogP contribution is -2.64. The van der Waals surface area contributed by atoms with Crippen molar-refractivity contribution in [3.8, 4) is 0 Å². The summed E-state index contributed by atoms with van der Waals surface area (Å²) in [6.45, 7) is 9.95. The minimum atomic E-state index is -5.12. The van der Waals surface area contributed by atoms with Gasteiger partial charge in [-0.15, -0.1) is 0 Å². The van der Waals surface area contributed by atoms with Gasteiger partial charge in [0.2, 0.25) is 0 Å². The highest BCUT2D eigenvalue weighted by Gasteiger charge is 2.70. The number of ether oxygens (including phenoxy) is 8. The van der Waals surface area contributed by atoms with E-state index in [9.17, 15) is 53.8 Å². The molecule has 0 aromatic heterocycles. The molecule has 65 heavy (non-hydrogen) atoms. The van der Waals surface area contributed by atoms with E-state index < -0.39 is 133 Å². The lowest BCUT2D eigenvalue weighted by Gasteiger charge is -2.61. The minimum Gasteiger partial charge on any atom is -0.394 e. The minimum absolute atomic E-state index is 0.0314. The van der Waals surface area contributed by atoms with Gasteiger partial charge in [0.05, 0.1) is 44.2 Å². The largest absolute Gasteiger partial charge is 0.397 e. The van der Waals surface area contributed by atoms with Gasteiger partial charge in [0.25, 0.3) is 0 Å². The average molecular weight is 951 g/mol. The number of aliphatic hydroxyl groups excluding tert-OH is 8. The molecular formula is C44H70O20S. The predicted octanol–water partition coefficient (Wildman–Crippen LogP) is -0.349. The van der Waals surface area contributed by atoms with Crippen molar-refractivity contribution in [1.29, 1.82) is 0 Å². The highest BCUT2D eigenvalue weighted by Crippen LogP contribution is 2.71. The van der Waals surface area contributed by atoms with Crippen LogP contribution in [0.5, 0.6) is 0 Å². The standard InChI is InChI=1S/C44H70O20S/c1-18-8-11-44(57-16-18)19(2)30-26(63-44)14-25-23-7-6-21-12-22(59-40-37(52)35(50)32(47)27(15-45)60-40)13-29(43(21,5)24(23)9-10-42(25,30)4)61-41-38(33(48)28(17-56-41)64-65(53,54)55)62-39-36(51)34(49)31(46)20(3)58-39/h6,18-20,22-41,45-52H,7-17H2,1-5H3,(H,53,54,55)/t18-,19+,20+,22-,23-,24+,25+,26+,27-,28+,29-,30+,31+,32-,33+,34-,35+,36-,37-,38-,39+,40-,41+,42+,43+,44-/m1/s1. The maximum absolute atomic E-state index is 11.9. The number of fused-ring (bicyclic) bond motifs is 7. The van der Waals surface area contributed by atoms with E-state index in [0.29, 0.717) is 30.8 Å². The number of hydrogen-bond acceptors (Lipinski definition) is 19. The summed E-state index contributed by atoms with van der Waals surface area (Å²) in [5, 5.41) is 85.7. The van der Waals surface area contributed by atoms with Gasteiger partial charge in [0, 0.05) is 24.2 Å². The highest BCUT2D eigenvalue weighted by atomic mass is 32.3. The van der Waals surface area contributed by atoms with Crippen LogP contribution in [0.2, 0.25) is 0 Å². The Bertz CT molecular complexity index is 1850. The van der Waals surface area contributed by atoms with Gasteiger partial charge in [-0.3, -0.25) is 4.55 Å². The van der Waals surface area contributed by atoms with Crippen LogP contribution in [0.15, 0.2) is 11.6 Å². The van der Waals surface area contributed by atoms with Crippen LogP contribution in [0.1, 0.15) is 86.0 Å². The van der Waals surface area contributed by atoms with E-state index in [1.54, 1.807) is 0 Å². The van der Waals surface area contributed by atoms with Gasteiger partial charge in [0.15, 0.2) is 24.7 Å². The molecule has 9 N–H and O–H groups in total. The molecule has 5 aliphatic heterocycles. The molecule has 0 aromatic carbocycles. The molecule has 0 radical (unpaired) electrons. The zero-order chi connectivity index (χ0) is 46.7. The second-order valence-electron chi connectivity index (χ2n) is 21.2. The van der Waals surface area contributed by atoms with Crippen molar-refractivity contribution in [3.05, 3.63) is 11.6 Å². The van der Waals surface area contributed by atoms with Gasteiger partial charge < -0.3 is 78.7 Å². The summed E-state index contributed by atoms with van der Waals surface area (Å²) in [7, 11) is -5.12. The number of allylic oxidation sites excluding steroid dienone is 1. The third-order valence-corrected chi connectivity index (χ3v) is 18.1. The topological polar surface area (TPSA) is 299 Å². The van der Waals surface area contributed by atoms with E-state index in [1.807, 2.05) is 0 Å². The molecule has 0 amide bonds. The van der Waals surface area contributed by atoms with Crippen molar-refractivity contribution in [1.82, 2.24) is 0 Å². The van der Waals surface area contributed by atoms with Crippen molar-refractivity contribution in [2.24, 2.45) is 46.3 Å². The fourth-order valence-corrected chi connectivity index (χ4v) is 14.5. The van der Waals surface area contributed by atoms with Crippen molar-refractivity contribution in [2.75, 3.05) is 19.8 Å². The van der Waals surface area contributed by atoms with Crippen LogP contribution in [0.3, 0.4) is 0 Å². The van der Waals surface area contributed by atoms with Crippen molar-refractivity contribution >= 4 is 10.4 Å². The quantitative estimate of drug-likeness (QED) is 0.105. The summed E-state index contributed by atoms with van der Waals surface area (Å²) in [4.78, 5) is 0. The van der Waals surface area contributed by atoms with Gasteiger partial charge in [0.1, 0.15) is 61.0 Å². The van der Waals surface area contributed by atoms with E-state index in [2.05, 4.69) is 33.8 Å². The molecule has 20 nitrogen and oxygen atoms in total. The van der Waals surface area contributed by atoms with Gasteiger partial charge in [-0.1, -0.05) is 39.3 Å². The van der Waals surface area contributed by atoms with Crippen LogP contribution < -0.4 is 0 Å². The average Bonchev–Trinajstić information content (AvgIpc) is 3.71. The molecule has 3 saturated carbocycles. The molecular weight excluding hydrogens is 881 g/mol. The Kier molecular flexibility index (Phi) is 13.5. The zero-order valence-electron chi connectivity index (χ0n) is 37.6. The molecule has 372 valence electrons. The number of aliphatic hydroxyl groups is 8. The Morgan fingerprint density at radius 2 is 1.49 bits per heavy atom. The zero-order valence-corrected chi connectivity index (χ0v) is 38.4. The molecule has 26 atom stereocenters. The maximum atomic E-state index is 11.9. The summed E-state index contributed by atoms with van der Waals surface area (Å²) >= 11 is 0. The monoisotopic (exact) mass is 950 g/mol. The van der Waals surface area contributed by atoms with Gasteiger partial charge in [-0.05, 0) is 80.5 Å². The van der Waals surface area contributed by atoms with E-state index >= 15 is 0 Å². The lowest BCUT2D eigenvalue weighted by molar-refractivity contribution is -0.363. The van der Waals surface area contributed by atoms with Crippen LogP contribution in [0.4, 0.5) is 0 Å². The summed E-state index contributed by atoms with van der Waals surface area (Å²) in [6, 6.07) is 0. The van der Waals surface area contributed by atoms with Crippen LogP contribution in [0, 0.1) is 46.3 Å².